The van der Waals surface area contributed by atoms with Gasteiger partial charge >= 0.3 is 0 Å². The molecule has 0 aliphatic carbocycles. The van der Waals surface area contributed by atoms with Crippen molar-refractivity contribution in [3.63, 3.8) is 0 Å². The summed E-state index contributed by atoms with van der Waals surface area (Å²) in [7, 11) is 0. The number of benzene rings is 1. The van der Waals surface area contributed by atoms with E-state index in [1.807, 2.05) is 6.08 Å². The van der Waals surface area contributed by atoms with Gasteiger partial charge in [0, 0.05) is 17.6 Å². The van der Waals surface area contributed by atoms with Crippen LogP contribution in [0.1, 0.15) is 13.3 Å². The highest BCUT2D eigenvalue weighted by molar-refractivity contribution is 6.30. The van der Waals surface area contributed by atoms with Crippen LogP contribution in [0.2, 0.25) is 5.02 Å². The van der Waals surface area contributed by atoms with Crippen LogP contribution in [0.5, 0.6) is 5.75 Å². The van der Waals surface area contributed by atoms with E-state index in [1.54, 1.807) is 24.3 Å². The molecule has 2 atom stereocenters. The Morgan fingerprint density at radius 1 is 1.44 bits per heavy atom. The Morgan fingerprint density at radius 3 is 2.72 bits per heavy atom. The summed E-state index contributed by atoms with van der Waals surface area (Å²) in [6.45, 7) is 6.48. The highest BCUT2D eigenvalue weighted by Crippen LogP contribution is 2.15. The first-order chi connectivity index (χ1) is 8.61. The molecule has 100 valence electrons. The van der Waals surface area contributed by atoms with Crippen LogP contribution in [0.4, 0.5) is 0 Å². The van der Waals surface area contributed by atoms with E-state index in [-0.39, 0.29) is 6.61 Å². The molecule has 1 aromatic carbocycles. The van der Waals surface area contributed by atoms with Crippen molar-refractivity contribution in [3.8, 4) is 5.75 Å². The smallest absolute Gasteiger partial charge is 0.119 e. The van der Waals surface area contributed by atoms with E-state index in [0.717, 1.165) is 6.42 Å². The van der Waals surface area contributed by atoms with Gasteiger partial charge < -0.3 is 15.2 Å². The number of rotatable bonds is 8. The van der Waals surface area contributed by atoms with Gasteiger partial charge in [0.25, 0.3) is 0 Å². The van der Waals surface area contributed by atoms with Crippen molar-refractivity contribution >= 4 is 11.6 Å². The molecule has 1 rings (SSSR count). The van der Waals surface area contributed by atoms with Crippen LogP contribution in [0.15, 0.2) is 36.9 Å². The van der Waals surface area contributed by atoms with Gasteiger partial charge in [0.05, 0.1) is 0 Å². The molecule has 0 aliphatic heterocycles. The van der Waals surface area contributed by atoms with Crippen LogP contribution in [-0.2, 0) is 0 Å². The normalized spacial score (nSPS) is 13.9. The highest BCUT2D eigenvalue weighted by atomic mass is 35.5. The van der Waals surface area contributed by atoms with Gasteiger partial charge in [-0.15, -0.1) is 6.58 Å². The summed E-state index contributed by atoms with van der Waals surface area (Å²) in [5.74, 6) is 0.706. The number of nitrogens with one attached hydrogen (secondary N) is 1. The van der Waals surface area contributed by atoms with E-state index >= 15 is 0 Å². The predicted molar refractivity (Wildman–Crippen MR) is 75.2 cm³/mol. The molecule has 0 saturated heterocycles. The van der Waals surface area contributed by atoms with E-state index in [1.165, 1.54) is 0 Å². The zero-order valence-corrected chi connectivity index (χ0v) is 11.4. The summed E-state index contributed by atoms with van der Waals surface area (Å²) in [6.07, 6.45) is 2.20. The van der Waals surface area contributed by atoms with Crippen molar-refractivity contribution in [2.45, 2.75) is 25.5 Å². The Morgan fingerprint density at radius 2 is 2.11 bits per heavy atom. The highest BCUT2D eigenvalue weighted by Gasteiger charge is 2.07. The van der Waals surface area contributed by atoms with Crippen molar-refractivity contribution in [3.05, 3.63) is 41.9 Å². The summed E-state index contributed by atoms with van der Waals surface area (Å²) in [6, 6.07) is 7.39. The van der Waals surface area contributed by atoms with Gasteiger partial charge in [-0.3, -0.25) is 0 Å². The number of halogens is 1. The summed E-state index contributed by atoms with van der Waals surface area (Å²) >= 11 is 5.77. The molecule has 0 radical (unpaired) electrons. The second-order valence-corrected chi connectivity index (χ2v) is 4.69. The minimum atomic E-state index is -0.534. The first-order valence-corrected chi connectivity index (χ1v) is 6.40. The predicted octanol–water partition coefficient (Wildman–Crippen LogP) is 2.63. The molecular formula is C14H20ClNO2. The fourth-order valence-corrected chi connectivity index (χ4v) is 1.58. The zero-order chi connectivity index (χ0) is 13.4. The first kappa shape index (κ1) is 15.0. The van der Waals surface area contributed by atoms with Crippen molar-refractivity contribution in [1.82, 2.24) is 5.32 Å². The van der Waals surface area contributed by atoms with Crippen molar-refractivity contribution in [2.24, 2.45) is 0 Å². The van der Waals surface area contributed by atoms with Gasteiger partial charge in [0.1, 0.15) is 18.5 Å². The Labute approximate surface area is 113 Å². The fourth-order valence-electron chi connectivity index (χ4n) is 1.45. The van der Waals surface area contributed by atoms with E-state index in [4.69, 9.17) is 16.3 Å². The quantitative estimate of drug-likeness (QED) is 0.713. The van der Waals surface area contributed by atoms with Crippen molar-refractivity contribution < 1.29 is 9.84 Å². The Balaban J connectivity index is 2.22. The topological polar surface area (TPSA) is 41.5 Å². The van der Waals surface area contributed by atoms with Gasteiger partial charge in [-0.2, -0.15) is 0 Å². The lowest BCUT2D eigenvalue weighted by molar-refractivity contribution is 0.104. The maximum Gasteiger partial charge on any atom is 0.119 e. The van der Waals surface area contributed by atoms with Gasteiger partial charge in [-0.25, -0.2) is 0 Å². The summed E-state index contributed by atoms with van der Waals surface area (Å²) in [5.41, 5.74) is 0. The Hall–Kier alpha value is -1.03. The van der Waals surface area contributed by atoms with Crippen LogP contribution in [-0.4, -0.2) is 30.4 Å². The molecule has 0 heterocycles. The average Bonchev–Trinajstić information content (AvgIpc) is 2.36. The summed E-state index contributed by atoms with van der Waals surface area (Å²) < 4.78 is 5.45. The van der Waals surface area contributed by atoms with Gasteiger partial charge in [0.2, 0.25) is 0 Å². The van der Waals surface area contributed by atoms with Crippen LogP contribution in [0.25, 0.3) is 0 Å². The standard InChI is InChI=1S/C14H20ClNO2/c1-3-4-11(2)16-9-13(17)10-18-14-7-5-12(15)6-8-14/h3,5-8,11,13,16-17H,1,4,9-10H2,2H3. The Kier molecular flexibility index (Phi) is 6.80. The maximum atomic E-state index is 9.74. The number of hydrogen-bond donors (Lipinski definition) is 2. The van der Waals surface area contributed by atoms with Crippen LogP contribution in [0, 0.1) is 0 Å². The van der Waals surface area contributed by atoms with Gasteiger partial charge in [-0.1, -0.05) is 17.7 Å². The molecule has 2 N–H and O–H groups in total. The lowest BCUT2D eigenvalue weighted by Crippen LogP contribution is -2.36. The number of hydrogen-bond acceptors (Lipinski definition) is 3. The van der Waals surface area contributed by atoms with Crippen molar-refractivity contribution in [1.29, 1.82) is 0 Å². The molecule has 0 fully saturated rings. The molecule has 18 heavy (non-hydrogen) atoms. The average molecular weight is 270 g/mol. The minimum Gasteiger partial charge on any atom is -0.491 e. The molecule has 2 unspecified atom stereocenters. The van der Waals surface area contributed by atoms with E-state index in [9.17, 15) is 5.11 Å². The Bertz CT molecular complexity index is 353. The third kappa shape index (κ3) is 6.05. The lowest BCUT2D eigenvalue weighted by Gasteiger charge is -2.16. The molecule has 0 aromatic heterocycles. The number of ether oxygens (including phenoxy) is 1. The van der Waals surface area contributed by atoms with Crippen LogP contribution < -0.4 is 10.1 Å². The number of aliphatic hydroxyl groups is 1. The summed E-state index contributed by atoms with van der Waals surface area (Å²) in [5, 5.41) is 13.6. The largest absolute Gasteiger partial charge is 0.491 e. The monoisotopic (exact) mass is 269 g/mol. The molecule has 0 spiro atoms. The molecule has 3 nitrogen and oxygen atoms in total. The van der Waals surface area contributed by atoms with Gasteiger partial charge in [0.15, 0.2) is 0 Å². The van der Waals surface area contributed by atoms with E-state index in [2.05, 4.69) is 18.8 Å². The molecule has 0 aliphatic rings. The zero-order valence-electron chi connectivity index (χ0n) is 10.6. The first-order valence-electron chi connectivity index (χ1n) is 6.02. The molecular weight excluding hydrogens is 250 g/mol. The fraction of sp³-hybridized carbons (Fsp3) is 0.429. The molecule has 1 aromatic rings. The SMILES string of the molecule is C=CCC(C)NCC(O)COc1ccc(Cl)cc1. The van der Waals surface area contributed by atoms with E-state index < -0.39 is 6.10 Å². The third-order valence-corrected chi connectivity index (χ3v) is 2.73. The third-order valence-electron chi connectivity index (χ3n) is 2.48. The molecule has 0 bridgehead atoms. The number of aliphatic hydroxyl groups excluding tert-OH is 1. The molecule has 0 saturated carbocycles. The minimum absolute atomic E-state index is 0.259. The maximum absolute atomic E-state index is 9.74. The second-order valence-electron chi connectivity index (χ2n) is 4.25. The van der Waals surface area contributed by atoms with Crippen molar-refractivity contribution in [2.75, 3.05) is 13.2 Å². The molecule has 0 amide bonds. The summed E-state index contributed by atoms with van der Waals surface area (Å²) in [4.78, 5) is 0. The van der Waals surface area contributed by atoms with E-state index in [0.29, 0.717) is 23.4 Å². The van der Waals surface area contributed by atoms with Crippen LogP contribution >= 0.6 is 11.6 Å². The van der Waals surface area contributed by atoms with Gasteiger partial charge in [-0.05, 0) is 37.6 Å². The second kappa shape index (κ2) is 8.14. The van der Waals surface area contributed by atoms with Crippen LogP contribution in [0.3, 0.4) is 0 Å². The molecule has 4 heteroatoms. The lowest BCUT2D eigenvalue weighted by atomic mass is 10.2.